The monoisotopic (exact) mass is 344 g/mol. The van der Waals surface area contributed by atoms with E-state index in [9.17, 15) is 0 Å². The van der Waals surface area contributed by atoms with Crippen LogP contribution in [0.15, 0.2) is 36.4 Å². The molecule has 0 radical (unpaired) electrons. The Bertz CT molecular complexity index is 607. The van der Waals surface area contributed by atoms with Crippen molar-refractivity contribution in [2.45, 2.75) is 11.8 Å². The van der Waals surface area contributed by atoms with Gasteiger partial charge in [-0.2, -0.15) is 0 Å². The highest BCUT2D eigenvalue weighted by atomic mass is 35.5. The van der Waals surface area contributed by atoms with E-state index in [4.69, 9.17) is 44.3 Å². The second-order valence-electron chi connectivity index (χ2n) is 4.50. The molecule has 2 rings (SSSR count). The fourth-order valence-electron chi connectivity index (χ4n) is 2.16. The number of halogens is 3. The zero-order valence-electron chi connectivity index (χ0n) is 11.7. The van der Waals surface area contributed by atoms with Gasteiger partial charge in [0.15, 0.2) is 0 Å². The molecule has 0 aromatic heterocycles. The average molecular weight is 346 g/mol. The summed E-state index contributed by atoms with van der Waals surface area (Å²) in [5.41, 5.74) is 1.83. The molecule has 0 heterocycles. The summed E-state index contributed by atoms with van der Waals surface area (Å²) in [4.78, 5) is 0. The molecule has 1 atom stereocenters. The third kappa shape index (κ3) is 3.76. The number of rotatable bonds is 5. The number of hydrogen-bond donors (Lipinski definition) is 0. The minimum atomic E-state index is -0.298. The third-order valence-electron chi connectivity index (χ3n) is 3.18. The van der Waals surface area contributed by atoms with Crippen molar-refractivity contribution >= 4 is 34.8 Å². The fourth-order valence-corrected chi connectivity index (χ4v) is 2.88. The van der Waals surface area contributed by atoms with E-state index in [0.717, 1.165) is 11.1 Å². The lowest BCUT2D eigenvalue weighted by atomic mass is 10.0. The van der Waals surface area contributed by atoms with E-state index in [1.54, 1.807) is 20.3 Å². The highest BCUT2D eigenvalue weighted by molar-refractivity contribution is 6.42. The molecule has 0 N–H and O–H groups in total. The lowest BCUT2D eigenvalue weighted by Gasteiger charge is -2.17. The SMILES string of the molecule is COc1cccc(OC)c1C(Cl)Cc1ccc(Cl)c(Cl)c1. The van der Waals surface area contributed by atoms with E-state index in [-0.39, 0.29) is 5.38 Å². The Morgan fingerprint density at radius 1 is 0.952 bits per heavy atom. The second kappa shape index (κ2) is 7.26. The van der Waals surface area contributed by atoms with Crippen LogP contribution in [0.4, 0.5) is 0 Å². The molecule has 0 bridgehead atoms. The van der Waals surface area contributed by atoms with E-state index in [0.29, 0.717) is 28.0 Å². The molecule has 0 spiro atoms. The molecule has 2 aromatic carbocycles. The standard InChI is InChI=1S/C16H15Cl3O2/c1-20-14-4-3-5-15(21-2)16(14)13(19)9-10-6-7-11(17)12(18)8-10/h3-8,13H,9H2,1-2H3. The van der Waals surface area contributed by atoms with Crippen molar-refractivity contribution in [1.29, 1.82) is 0 Å². The molecule has 2 aromatic rings. The summed E-state index contributed by atoms with van der Waals surface area (Å²) in [6, 6.07) is 11.1. The number of benzene rings is 2. The van der Waals surface area contributed by atoms with Gasteiger partial charge in [0.05, 0.1) is 35.2 Å². The van der Waals surface area contributed by atoms with Crippen LogP contribution in [0.5, 0.6) is 11.5 Å². The van der Waals surface area contributed by atoms with Crippen LogP contribution in [0.25, 0.3) is 0 Å². The maximum atomic E-state index is 6.56. The van der Waals surface area contributed by atoms with Crippen molar-refractivity contribution < 1.29 is 9.47 Å². The molecular formula is C16H15Cl3O2. The second-order valence-corrected chi connectivity index (χ2v) is 5.84. The third-order valence-corrected chi connectivity index (χ3v) is 4.29. The zero-order valence-corrected chi connectivity index (χ0v) is 14.0. The summed E-state index contributed by atoms with van der Waals surface area (Å²) in [5, 5.41) is 0.750. The number of alkyl halides is 1. The van der Waals surface area contributed by atoms with Crippen molar-refractivity contribution in [3.8, 4) is 11.5 Å². The van der Waals surface area contributed by atoms with Gasteiger partial charge in [0.1, 0.15) is 11.5 Å². The van der Waals surface area contributed by atoms with Crippen LogP contribution < -0.4 is 9.47 Å². The van der Waals surface area contributed by atoms with Crippen molar-refractivity contribution in [2.24, 2.45) is 0 Å². The highest BCUT2D eigenvalue weighted by Gasteiger charge is 2.19. The van der Waals surface area contributed by atoms with Crippen molar-refractivity contribution in [3.63, 3.8) is 0 Å². The fraction of sp³-hybridized carbons (Fsp3) is 0.250. The maximum absolute atomic E-state index is 6.56. The van der Waals surface area contributed by atoms with Crippen LogP contribution >= 0.6 is 34.8 Å². The molecule has 0 amide bonds. The van der Waals surface area contributed by atoms with Crippen LogP contribution in [0, 0.1) is 0 Å². The van der Waals surface area contributed by atoms with Gasteiger partial charge < -0.3 is 9.47 Å². The van der Waals surface area contributed by atoms with E-state index >= 15 is 0 Å². The van der Waals surface area contributed by atoms with E-state index in [1.165, 1.54) is 0 Å². The first-order chi connectivity index (χ1) is 10.1. The smallest absolute Gasteiger partial charge is 0.127 e. The van der Waals surface area contributed by atoms with Gasteiger partial charge in [0, 0.05) is 0 Å². The molecular weight excluding hydrogens is 331 g/mol. The largest absolute Gasteiger partial charge is 0.496 e. The van der Waals surface area contributed by atoms with Crippen molar-refractivity contribution in [1.82, 2.24) is 0 Å². The predicted molar refractivity (Wildman–Crippen MR) is 88.3 cm³/mol. The Kier molecular flexibility index (Phi) is 5.63. The zero-order chi connectivity index (χ0) is 15.4. The van der Waals surface area contributed by atoms with Gasteiger partial charge in [0.25, 0.3) is 0 Å². The first kappa shape index (κ1) is 16.3. The first-order valence-electron chi connectivity index (χ1n) is 6.35. The lowest BCUT2D eigenvalue weighted by Crippen LogP contribution is -2.02. The van der Waals surface area contributed by atoms with Crippen molar-refractivity contribution in [3.05, 3.63) is 57.6 Å². The topological polar surface area (TPSA) is 18.5 Å². The summed E-state index contributed by atoms with van der Waals surface area (Å²) in [6.07, 6.45) is 0.592. The average Bonchev–Trinajstić information content (AvgIpc) is 2.49. The Morgan fingerprint density at radius 3 is 2.10 bits per heavy atom. The Hall–Kier alpha value is -1.09. The Balaban J connectivity index is 2.31. The van der Waals surface area contributed by atoms with Gasteiger partial charge in [-0.3, -0.25) is 0 Å². The van der Waals surface area contributed by atoms with E-state index in [1.807, 2.05) is 30.3 Å². The number of hydrogen-bond acceptors (Lipinski definition) is 2. The Labute approximate surface area is 139 Å². The molecule has 0 saturated heterocycles. The van der Waals surface area contributed by atoms with Gasteiger partial charge in [-0.1, -0.05) is 35.3 Å². The molecule has 112 valence electrons. The van der Waals surface area contributed by atoms with Crippen LogP contribution in [0.1, 0.15) is 16.5 Å². The highest BCUT2D eigenvalue weighted by Crippen LogP contribution is 2.39. The quantitative estimate of drug-likeness (QED) is 0.663. The van der Waals surface area contributed by atoms with Gasteiger partial charge in [-0.25, -0.2) is 0 Å². The van der Waals surface area contributed by atoms with Crippen LogP contribution in [0.2, 0.25) is 10.0 Å². The maximum Gasteiger partial charge on any atom is 0.127 e. The first-order valence-corrected chi connectivity index (χ1v) is 7.55. The van der Waals surface area contributed by atoms with E-state index < -0.39 is 0 Å². The van der Waals surface area contributed by atoms with Gasteiger partial charge >= 0.3 is 0 Å². The number of ether oxygens (including phenoxy) is 2. The summed E-state index contributed by atoms with van der Waals surface area (Å²) in [7, 11) is 3.22. The van der Waals surface area contributed by atoms with E-state index in [2.05, 4.69) is 0 Å². The molecule has 2 nitrogen and oxygen atoms in total. The summed E-state index contributed by atoms with van der Waals surface area (Å²) >= 11 is 18.5. The molecule has 0 fully saturated rings. The molecule has 21 heavy (non-hydrogen) atoms. The van der Waals surface area contributed by atoms with Gasteiger partial charge in [0.2, 0.25) is 0 Å². The number of methoxy groups -OCH3 is 2. The van der Waals surface area contributed by atoms with Gasteiger partial charge in [-0.05, 0) is 36.2 Å². The Morgan fingerprint density at radius 2 is 1.57 bits per heavy atom. The van der Waals surface area contributed by atoms with Crippen molar-refractivity contribution in [2.75, 3.05) is 14.2 Å². The van der Waals surface area contributed by atoms with Crippen LogP contribution in [0.3, 0.4) is 0 Å². The molecule has 5 heteroatoms. The minimum absolute atomic E-state index is 0.298. The lowest BCUT2D eigenvalue weighted by molar-refractivity contribution is 0.384. The van der Waals surface area contributed by atoms with Crippen LogP contribution in [-0.4, -0.2) is 14.2 Å². The normalized spacial score (nSPS) is 12.0. The molecule has 1 unspecified atom stereocenters. The van der Waals surface area contributed by atoms with Crippen LogP contribution in [-0.2, 0) is 6.42 Å². The van der Waals surface area contributed by atoms with Gasteiger partial charge in [-0.15, -0.1) is 11.6 Å². The molecule has 0 aliphatic rings. The molecule has 0 aliphatic heterocycles. The molecule has 0 aliphatic carbocycles. The minimum Gasteiger partial charge on any atom is -0.496 e. The summed E-state index contributed by atoms with van der Waals surface area (Å²) in [6.45, 7) is 0. The summed E-state index contributed by atoms with van der Waals surface area (Å²) < 4.78 is 10.8. The molecule has 0 saturated carbocycles. The summed E-state index contributed by atoms with van der Waals surface area (Å²) in [5.74, 6) is 1.41. The predicted octanol–water partition coefficient (Wildman–Crippen LogP) is 5.53.